The van der Waals surface area contributed by atoms with Crippen LogP contribution in [0.2, 0.25) is 0 Å². The largest absolute Gasteiger partial charge is 0.325 e. The molecule has 1 N–H and O–H groups in total. The van der Waals surface area contributed by atoms with Gasteiger partial charge in [-0.3, -0.25) is 5.21 Å². The van der Waals surface area contributed by atoms with Crippen LogP contribution in [0.4, 0.5) is 0 Å². The van der Waals surface area contributed by atoms with Gasteiger partial charge in [-0.25, -0.2) is 5.06 Å². The van der Waals surface area contributed by atoms with Crippen molar-refractivity contribution in [2.75, 3.05) is 0 Å². The molecule has 1 saturated carbocycles. The number of nitrogens with zero attached hydrogens (tertiary/aromatic N) is 2. The van der Waals surface area contributed by atoms with E-state index in [1.807, 2.05) is 0 Å². The molecule has 1 fully saturated rings. The minimum atomic E-state index is 0.632. The van der Waals surface area contributed by atoms with Gasteiger partial charge in [0.15, 0.2) is 0 Å². The minimum absolute atomic E-state index is 0.632. The minimum Gasteiger partial charge on any atom is -0.325 e. The lowest BCUT2D eigenvalue weighted by molar-refractivity contribution is -0.0301. The Balaban J connectivity index is 1.98. The topological polar surface area (TPSA) is 26.7 Å². The predicted octanol–water partition coefficient (Wildman–Crippen LogP) is 2.02. The van der Waals surface area contributed by atoms with Crippen LogP contribution in [0.3, 0.4) is 0 Å². The maximum Gasteiger partial charge on any atom is 0.131 e. The summed E-state index contributed by atoms with van der Waals surface area (Å²) in [6.07, 6.45) is 5.81. The average Bonchev–Trinajstić information content (AvgIpc) is 2.77. The quantitative estimate of drug-likeness (QED) is 0.665. The summed E-state index contributed by atoms with van der Waals surface area (Å²) in [5, 5.41) is 11.0. The van der Waals surface area contributed by atoms with Gasteiger partial charge >= 0.3 is 0 Å². The van der Waals surface area contributed by atoms with Crippen molar-refractivity contribution in [3.63, 3.8) is 0 Å². The van der Waals surface area contributed by atoms with Gasteiger partial charge in [-0.15, -0.1) is 0 Å². The van der Waals surface area contributed by atoms with Crippen molar-refractivity contribution in [1.29, 1.82) is 0 Å². The molecule has 1 heterocycles. The zero-order valence-electron chi connectivity index (χ0n) is 7.66. The van der Waals surface area contributed by atoms with Gasteiger partial charge in [0.2, 0.25) is 0 Å². The molecule has 0 amide bonds. The molecular weight excluding hydrogens is 164 g/mol. The van der Waals surface area contributed by atoms with E-state index in [0.29, 0.717) is 6.04 Å². The van der Waals surface area contributed by atoms with E-state index < -0.39 is 0 Å². The summed E-state index contributed by atoms with van der Waals surface area (Å²) in [5.74, 6) is 0.771. The zero-order valence-corrected chi connectivity index (χ0v) is 7.66. The van der Waals surface area contributed by atoms with Gasteiger partial charge in [0.1, 0.15) is 5.82 Å². The van der Waals surface area contributed by atoms with E-state index in [1.54, 1.807) is 0 Å². The van der Waals surface area contributed by atoms with E-state index in [2.05, 4.69) is 11.5 Å². The van der Waals surface area contributed by atoms with Crippen LogP contribution in [0, 0.1) is 0 Å². The number of hydrogen-bond donors (Lipinski definition) is 1. The lowest BCUT2D eigenvalue weighted by Crippen LogP contribution is -2.25. The van der Waals surface area contributed by atoms with Crippen LogP contribution in [-0.4, -0.2) is 21.2 Å². The molecular formula is C10H14N2O. The van der Waals surface area contributed by atoms with Crippen molar-refractivity contribution < 1.29 is 5.21 Å². The van der Waals surface area contributed by atoms with Crippen molar-refractivity contribution in [3.05, 3.63) is 23.8 Å². The van der Waals surface area contributed by atoms with Crippen molar-refractivity contribution in [3.8, 4) is 0 Å². The summed E-state index contributed by atoms with van der Waals surface area (Å²) < 4.78 is 0. The van der Waals surface area contributed by atoms with E-state index >= 15 is 0 Å². The molecule has 0 bridgehead atoms. The van der Waals surface area contributed by atoms with Crippen LogP contribution in [0.15, 0.2) is 23.8 Å². The fourth-order valence-electron chi connectivity index (χ4n) is 2.38. The van der Waals surface area contributed by atoms with Crippen molar-refractivity contribution in [2.45, 2.75) is 38.1 Å². The number of allylic oxidation sites excluding steroid dienone is 2. The number of hydroxylamine groups is 2. The van der Waals surface area contributed by atoms with Crippen LogP contribution in [-0.2, 0) is 0 Å². The normalized spacial score (nSPS) is 27.6. The first kappa shape index (κ1) is 7.44. The average molecular weight is 178 g/mol. The van der Waals surface area contributed by atoms with Gasteiger partial charge in [0.05, 0.1) is 5.70 Å². The Kier molecular flexibility index (Phi) is 1.31. The van der Waals surface area contributed by atoms with Gasteiger partial charge in [-0.05, 0) is 32.1 Å². The van der Waals surface area contributed by atoms with Crippen LogP contribution in [0.25, 0.3) is 0 Å². The Labute approximate surface area is 77.9 Å². The Morgan fingerprint density at radius 1 is 1.23 bits per heavy atom. The Morgan fingerprint density at radius 3 is 2.62 bits per heavy atom. The number of rotatable bonds is 1. The second kappa shape index (κ2) is 2.29. The van der Waals surface area contributed by atoms with Crippen LogP contribution in [0.1, 0.15) is 32.1 Å². The van der Waals surface area contributed by atoms with Gasteiger partial charge in [0, 0.05) is 11.7 Å². The summed E-state index contributed by atoms with van der Waals surface area (Å²) in [5.41, 5.74) is 2.42. The fraction of sp³-hybridized carbons (Fsp3) is 0.600. The van der Waals surface area contributed by atoms with Crippen molar-refractivity contribution in [1.82, 2.24) is 9.96 Å². The fourth-order valence-corrected chi connectivity index (χ4v) is 2.38. The monoisotopic (exact) mass is 178 g/mol. The van der Waals surface area contributed by atoms with Crippen molar-refractivity contribution >= 4 is 0 Å². The molecule has 0 saturated heterocycles. The SMILES string of the molecule is C=C1N(O)C2=C(CCC2)N1C1CC1. The third kappa shape index (κ3) is 0.879. The lowest BCUT2D eigenvalue weighted by atomic mass is 10.3. The summed E-state index contributed by atoms with van der Waals surface area (Å²) in [6, 6.07) is 0.632. The second-order valence-electron chi connectivity index (χ2n) is 4.08. The van der Waals surface area contributed by atoms with Crippen LogP contribution < -0.4 is 0 Å². The molecule has 0 aromatic rings. The second-order valence-corrected chi connectivity index (χ2v) is 4.08. The van der Waals surface area contributed by atoms with Crippen LogP contribution >= 0.6 is 0 Å². The molecule has 3 heteroatoms. The highest BCUT2D eigenvalue weighted by Crippen LogP contribution is 2.45. The molecule has 1 aliphatic heterocycles. The van der Waals surface area contributed by atoms with E-state index in [0.717, 1.165) is 24.4 Å². The Morgan fingerprint density at radius 2 is 1.92 bits per heavy atom. The van der Waals surface area contributed by atoms with Gasteiger partial charge in [-0.2, -0.15) is 0 Å². The molecule has 0 unspecified atom stereocenters. The molecule has 0 spiro atoms. The van der Waals surface area contributed by atoms with Crippen LogP contribution in [0.5, 0.6) is 0 Å². The third-order valence-electron chi connectivity index (χ3n) is 3.14. The zero-order chi connectivity index (χ0) is 9.00. The van der Waals surface area contributed by atoms with E-state index in [-0.39, 0.29) is 0 Å². The highest BCUT2D eigenvalue weighted by atomic mass is 16.5. The standard InChI is InChI=1S/C10H14N2O/c1-7-11(8-5-6-8)9-3-2-4-10(9)12(7)13/h8,13H,1-6H2. The van der Waals surface area contributed by atoms with E-state index in [9.17, 15) is 5.21 Å². The summed E-state index contributed by atoms with van der Waals surface area (Å²) in [4.78, 5) is 2.24. The molecule has 0 aromatic carbocycles. The number of hydrogen-bond acceptors (Lipinski definition) is 3. The molecule has 13 heavy (non-hydrogen) atoms. The smallest absolute Gasteiger partial charge is 0.131 e. The predicted molar refractivity (Wildman–Crippen MR) is 48.5 cm³/mol. The maximum atomic E-state index is 9.75. The lowest BCUT2D eigenvalue weighted by Gasteiger charge is -2.23. The summed E-state index contributed by atoms with van der Waals surface area (Å²) in [6.45, 7) is 3.92. The Hall–Kier alpha value is -0.960. The van der Waals surface area contributed by atoms with E-state index in [1.165, 1.54) is 30.0 Å². The summed E-state index contributed by atoms with van der Waals surface area (Å²) in [7, 11) is 0. The summed E-state index contributed by atoms with van der Waals surface area (Å²) >= 11 is 0. The van der Waals surface area contributed by atoms with Gasteiger partial charge < -0.3 is 4.90 Å². The first-order chi connectivity index (χ1) is 6.29. The molecule has 0 radical (unpaired) electrons. The molecule has 3 rings (SSSR count). The molecule has 3 aliphatic rings. The molecule has 2 aliphatic carbocycles. The van der Waals surface area contributed by atoms with Crippen molar-refractivity contribution in [2.24, 2.45) is 0 Å². The molecule has 0 aromatic heterocycles. The van der Waals surface area contributed by atoms with E-state index in [4.69, 9.17) is 0 Å². The molecule has 70 valence electrons. The first-order valence-corrected chi connectivity index (χ1v) is 4.98. The molecule has 0 atom stereocenters. The highest BCUT2D eigenvalue weighted by molar-refractivity contribution is 5.31. The Bertz CT molecular complexity index is 304. The maximum absolute atomic E-state index is 9.75. The third-order valence-corrected chi connectivity index (χ3v) is 3.14. The van der Waals surface area contributed by atoms with Gasteiger partial charge in [0.25, 0.3) is 0 Å². The molecule has 3 nitrogen and oxygen atoms in total. The highest BCUT2D eigenvalue weighted by Gasteiger charge is 2.42. The van der Waals surface area contributed by atoms with Gasteiger partial charge in [-0.1, -0.05) is 6.58 Å². The first-order valence-electron chi connectivity index (χ1n) is 4.98.